The SMILES string of the molecule is CN(CCc1ccccn1)C[C@@H]1C[C@H](c2ccc(CO)cc2)O[C@H](c2ccc(-c3ccccc3CNC(=O)CCCCC(=O)NO)cc2)O1. The van der Waals surface area contributed by atoms with E-state index in [0.717, 1.165) is 58.6 Å². The maximum absolute atomic E-state index is 12.4. The van der Waals surface area contributed by atoms with Gasteiger partial charge in [-0.3, -0.25) is 19.8 Å². The van der Waals surface area contributed by atoms with Gasteiger partial charge < -0.3 is 24.8 Å². The second-order valence-electron chi connectivity index (χ2n) is 12.5. The molecule has 4 N–H and O–H groups in total. The van der Waals surface area contributed by atoms with Crippen molar-refractivity contribution in [1.82, 2.24) is 20.7 Å². The molecule has 2 heterocycles. The molecule has 1 saturated heterocycles. The Morgan fingerprint density at radius 3 is 2.31 bits per heavy atom. The normalized spacial score (nSPS) is 17.5. The first-order valence-corrected chi connectivity index (χ1v) is 16.9. The van der Waals surface area contributed by atoms with E-state index in [1.54, 1.807) is 5.48 Å². The number of aliphatic hydroxyl groups is 1. The predicted octanol–water partition coefficient (Wildman–Crippen LogP) is 5.64. The van der Waals surface area contributed by atoms with Crippen molar-refractivity contribution in [1.29, 1.82) is 0 Å². The highest BCUT2D eigenvalue weighted by molar-refractivity contribution is 5.77. The first-order chi connectivity index (χ1) is 23.9. The van der Waals surface area contributed by atoms with Gasteiger partial charge in [-0.15, -0.1) is 0 Å². The summed E-state index contributed by atoms with van der Waals surface area (Å²) in [4.78, 5) is 30.4. The van der Waals surface area contributed by atoms with Crippen LogP contribution in [-0.2, 0) is 38.6 Å². The van der Waals surface area contributed by atoms with Crippen LogP contribution in [0.1, 0.15) is 72.4 Å². The van der Waals surface area contributed by atoms with Gasteiger partial charge in [-0.2, -0.15) is 0 Å². The van der Waals surface area contributed by atoms with Crippen molar-refractivity contribution in [2.45, 2.75) is 70.2 Å². The van der Waals surface area contributed by atoms with Gasteiger partial charge in [0.05, 0.1) is 18.8 Å². The highest BCUT2D eigenvalue weighted by Gasteiger charge is 2.32. The first kappa shape index (κ1) is 35.8. The average molecular weight is 667 g/mol. The summed E-state index contributed by atoms with van der Waals surface area (Å²) in [7, 11) is 2.11. The van der Waals surface area contributed by atoms with Gasteiger partial charge in [0.1, 0.15) is 0 Å². The molecule has 2 amide bonds. The first-order valence-electron chi connectivity index (χ1n) is 16.9. The van der Waals surface area contributed by atoms with E-state index < -0.39 is 12.2 Å². The van der Waals surface area contributed by atoms with Gasteiger partial charge in [-0.1, -0.05) is 78.9 Å². The number of ether oxygens (including phenoxy) is 2. The lowest BCUT2D eigenvalue weighted by atomic mass is 9.97. The minimum atomic E-state index is -0.558. The van der Waals surface area contributed by atoms with Crippen LogP contribution in [0.4, 0.5) is 0 Å². The molecule has 0 unspecified atom stereocenters. The fourth-order valence-electron chi connectivity index (χ4n) is 6.01. The number of amides is 2. The molecule has 10 heteroatoms. The van der Waals surface area contributed by atoms with Crippen molar-refractivity contribution < 1.29 is 29.4 Å². The van der Waals surface area contributed by atoms with Crippen LogP contribution >= 0.6 is 0 Å². The Kier molecular flexibility index (Phi) is 13.4. The number of hydrogen-bond acceptors (Lipinski definition) is 8. The summed E-state index contributed by atoms with van der Waals surface area (Å²) in [6, 6.07) is 30.1. The van der Waals surface area contributed by atoms with Crippen LogP contribution in [0, 0.1) is 0 Å². The topological polar surface area (TPSA) is 133 Å². The Labute approximate surface area is 288 Å². The molecular weight excluding hydrogens is 620 g/mol. The summed E-state index contributed by atoms with van der Waals surface area (Å²) < 4.78 is 13.2. The average Bonchev–Trinajstić information content (AvgIpc) is 3.15. The number of likely N-dealkylation sites (N-methyl/N-ethyl adjacent to an activating group) is 1. The molecule has 1 aliphatic rings. The number of aromatic nitrogens is 1. The van der Waals surface area contributed by atoms with E-state index in [2.05, 4.69) is 34.4 Å². The van der Waals surface area contributed by atoms with E-state index in [1.165, 1.54) is 0 Å². The van der Waals surface area contributed by atoms with Gasteiger partial charge in [0.15, 0.2) is 6.29 Å². The third-order valence-electron chi connectivity index (χ3n) is 8.78. The number of unbranched alkanes of at least 4 members (excludes halogenated alkanes) is 1. The zero-order valence-electron chi connectivity index (χ0n) is 28.0. The molecule has 10 nitrogen and oxygen atoms in total. The molecule has 3 atom stereocenters. The van der Waals surface area contributed by atoms with E-state index in [1.807, 2.05) is 85.1 Å². The van der Waals surface area contributed by atoms with Crippen molar-refractivity contribution in [3.8, 4) is 11.1 Å². The van der Waals surface area contributed by atoms with Gasteiger partial charge in [-0.05, 0) is 59.8 Å². The van der Waals surface area contributed by atoms with E-state index in [9.17, 15) is 14.7 Å². The zero-order chi connectivity index (χ0) is 34.4. The maximum atomic E-state index is 12.4. The molecule has 1 fully saturated rings. The Morgan fingerprint density at radius 2 is 1.59 bits per heavy atom. The number of hydroxylamine groups is 1. The third kappa shape index (κ3) is 10.8. The van der Waals surface area contributed by atoms with E-state index in [0.29, 0.717) is 32.2 Å². The predicted molar refractivity (Wildman–Crippen MR) is 186 cm³/mol. The van der Waals surface area contributed by atoms with Crippen molar-refractivity contribution in [2.75, 3.05) is 20.1 Å². The fraction of sp³-hybridized carbons (Fsp3) is 0.359. The van der Waals surface area contributed by atoms with Crippen LogP contribution < -0.4 is 10.8 Å². The molecule has 0 spiro atoms. The molecule has 1 aromatic heterocycles. The number of benzene rings is 3. The van der Waals surface area contributed by atoms with Gasteiger partial charge in [-0.25, -0.2) is 5.48 Å². The quantitative estimate of drug-likeness (QED) is 0.0686. The number of nitrogens with one attached hydrogen (secondary N) is 2. The Morgan fingerprint density at radius 1 is 0.878 bits per heavy atom. The molecule has 5 rings (SSSR count). The summed E-state index contributed by atoms with van der Waals surface area (Å²) >= 11 is 0. The lowest BCUT2D eigenvalue weighted by Gasteiger charge is -2.38. The molecule has 0 radical (unpaired) electrons. The van der Waals surface area contributed by atoms with Crippen LogP contribution in [0.15, 0.2) is 97.2 Å². The van der Waals surface area contributed by atoms with Gasteiger partial charge in [0, 0.05) is 62.8 Å². The van der Waals surface area contributed by atoms with E-state index in [-0.39, 0.29) is 31.1 Å². The molecule has 4 aromatic rings. The number of carbonyl (C=O) groups excluding carboxylic acids is 2. The Hall–Kier alpha value is -4.45. The minimum absolute atomic E-state index is 0.00350. The minimum Gasteiger partial charge on any atom is -0.392 e. The van der Waals surface area contributed by atoms with Crippen molar-refractivity contribution in [3.05, 3.63) is 125 Å². The van der Waals surface area contributed by atoms with Crippen LogP contribution in [0.3, 0.4) is 0 Å². The lowest BCUT2D eigenvalue weighted by molar-refractivity contribution is -0.252. The molecule has 1 aliphatic heterocycles. The van der Waals surface area contributed by atoms with E-state index >= 15 is 0 Å². The van der Waals surface area contributed by atoms with Crippen molar-refractivity contribution >= 4 is 11.8 Å². The third-order valence-corrected chi connectivity index (χ3v) is 8.78. The number of aliphatic hydroxyl groups excluding tert-OH is 1. The lowest BCUT2D eigenvalue weighted by Crippen LogP contribution is -2.38. The Bertz CT molecular complexity index is 1620. The van der Waals surface area contributed by atoms with Crippen LogP contribution in [0.5, 0.6) is 0 Å². The molecule has 0 saturated carbocycles. The number of pyridine rings is 1. The highest BCUT2D eigenvalue weighted by Crippen LogP contribution is 2.38. The molecule has 258 valence electrons. The molecule has 0 bridgehead atoms. The van der Waals surface area contributed by atoms with Crippen LogP contribution in [-0.4, -0.2) is 58.3 Å². The van der Waals surface area contributed by atoms with Gasteiger partial charge in [0.25, 0.3) is 0 Å². The van der Waals surface area contributed by atoms with E-state index in [4.69, 9.17) is 14.7 Å². The maximum Gasteiger partial charge on any atom is 0.243 e. The Balaban J connectivity index is 1.24. The smallest absolute Gasteiger partial charge is 0.243 e. The summed E-state index contributed by atoms with van der Waals surface area (Å²) in [5.74, 6) is -0.533. The number of rotatable bonds is 16. The fourth-order valence-corrected chi connectivity index (χ4v) is 6.01. The molecule has 49 heavy (non-hydrogen) atoms. The number of hydrogen-bond donors (Lipinski definition) is 4. The second kappa shape index (κ2) is 18.4. The standard InChI is InChI=1S/C39H46N4O6/c1-43(23-21-33-9-6-7-22-40-33)26-34-24-36(30-15-13-28(27-44)14-16-30)49-39(48-34)31-19-17-29(18-20-31)35-10-3-2-8-32(35)25-41-37(45)11-4-5-12-38(46)42-47/h2-3,6-10,13-20,22,34,36,39,44,47H,4-5,11-12,21,23-27H2,1H3,(H,41,45)(H,42,46)/t34-,36+,39+/m0/s1. The van der Waals surface area contributed by atoms with Crippen LogP contribution in [0.25, 0.3) is 11.1 Å². The summed E-state index contributed by atoms with van der Waals surface area (Å²) in [6.07, 6.45) is 4.17. The van der Waals surface area contributed by atoms with Crippen molar-refractivity contribution in [2.24, 2.45) is 0 Å². The molecular formula is C39H46N4O6. The highest BCUT2D eigenvalue weighted by atomic mass is 16.7. The second-order valence-corrected chi connectivity index (χ2v) is 12.5. The molecule has 0 aliphatic carbocycles. The van der Waals surface area contributed by atoms with Gasteiger partial charge >= 0.3 is 0 Å². The zero-order valence-corrected chi connectivity index (χ0v) is 28.0. The largest absolute Gasteiger partial charge is 0.392 e. The monoisotopic (exact) mass is 666 g/mol. The molecule has 3 aromatic carbocycles. The van der Waals surface area contributed by atoms with Crippen LogP contribution in [0.2, 0.25) is 0 Å². The van der Waals surface area contributed by atoms with Crippen molar-refractivity contribution in [3.63, 3.8) is 0 Å². The van der Waals surface area contributed by atoms with Gasteiger partial charge in [0.2, 0.25) is 11.8 Å². The number of carbonyl (C=O) groups is 2. The summed E-state index contributed by atoms with van der Waals surface area (Å²) in [6.45, 7) is 1.98. The number of nitrogens with zero attached hydrogens (tertiary/aromatic N) is 2. The summed E-state index contributed by atoms with van der Waals surface area (Å²) in [5.41, 5.74) is 8.53. The summed E-state index contributed by atoms with van der Waals surface area (Å²) in [5, 5.41) is 21.1.